The number of hydrogen-bond donors (Lipinski definition) is 3. The highest BCUT2D eigenvalue weighted by Crippen LogP contribution is 2.19. The molecule has 3 rings (SSSR count). The van der Waals surface area contributed by atoms with Gasteiger partial charge in [0.2, 0.25) is 5.13 Å². The molecule has 1 fully saturated rings. The fraction of sp³-hybridized carbons (Fsp3) is 0.333. The van der Waals surface area contributed by atoms with Crippen molar-refractivity contribution in [2.24, 2.45) is 0 Å². The summed E-state index contributed by atoms with van der Waals surface area (Å²) < 4.78 is 0. The summed E-state index contributed by atoms with van der Waals surface area (Å²) in [5, 5.41) is 17.5. The highest BCUT2D eigenvalue weighted by Gasteiger charge is 2.23. The van der Waals surface area contributed by atoms with Crippen molar-refractivity contribution >= 4 is 34.1 Å². The third-order valence-electron chi connectivity index (χ3n) is 3.31. The summed E-state index contributed by atoms with van der Waals surface area (Å²) in [6.45, 7) is 1.98. The lowest BCUT2D eigenvalue weighted by Gasteiger charge is -2.07. The van der Waals surface area contributed by atoms with E-state index in [-0.39, 0.29) is 11.9 Å². The second-order valence-electron chi connectivity index (χ2n) is 5.26. The van der Waals surface area contributed by atoms with Crippen LogP contribution in [0.5, 0.6) is 0 Å². The topological polar surface area (TPSA) is 96.0 Å². The molecule has 1 heterocycles. The number of nitrogens with one attached hydrogen (secondary N) is 3. The van der Waals surface area contributed by atoms with E-state index >= 15 is 0 Å². The van der Waals surface area contributed by atoms with Gasteiger partial charge in [-0.2, -0.15) is 0 Å². The second kappa shape index (κ2) is 6.74. The molecule has 1 aromatic carbocycles. The highest BCUT2D eigenvalue weighted by atomic mass is 32.1. The Hall–Kier alpha value is -2.48. The van der Waals surface area contributed by atoms with Gasteiger partial charge in [0, 0.05) is 17.3 Å². The Bertz CT molecular complexity index is 709. The zero-order valence-electron chi connectivity index (χ0n) is 12.6. The number of benzene rings is 1. The zero-order valence-corrected chi connectivity index (χ0v) is 13.4. The number of amides is 3. The SMILES string of the molecule is CCc1nnc(NC(=O)c2ccc(NC(=O)NC3CC3)cc2)s1. The van der Waals surface area contributed by atoms with E-state index in [1.54, 1.807) is 24.3 Å². The number of aryl methyl sites for hydroxylation is 1. The van der Waals surface area contributed by atoms with Crippen molar-refractivity contribution in [1.82, 2.24) is 15.5 Å². The molecule has 1 saturated carbocycles. The summed E-state index contributed by atoms with van der Waals surface area (Å²) in [6, 6.07) is 6.79. The summed E-state index contributed by atoms with van der Waals surface area (Å²) in [6.07, 6.45) is 2.87. The van der Waals surface area contributed by atoms with Crippen LogP contribution < -0.4 is 16.0 Å². The summed E-state index contributed by atoms with van der Waals surface area (Å²) in [5.41, 5.74) is 1.13. The van der Waals surface area contributed by atoms with Crippen molar-refractivity contribution in [2.75, 3.05) is 10.6 Å². The predicted molar refractivity (Wildman–Crippen MR) is 88.9 cm³/mol. The van der Waals surface area contributed by atoms with Crippen LogP contribution in [0.15, 0.2) is 24.3 Å². The second-order valence-corrected chi connectivity index (χ2v) is 6.32. The molecule has 0 spiro atoms. The van der Waals surface area contributed by atoms with Crippen molar-refractivity contribution in [2.45, 2.75) is 32.2 Å². The van der Waals surface area contributed by atoms with E-state index in [0.29, 0.717) is 22.4 Å². The Kier molecular flexibility index (Phi) is 4.52. The number of urea groups is 1. The molecule has 0 saturated heterocycles. The van der Waals surface area contributed by atoms with Gasteiger partial charge in [-0.05, 0) is 43.5 Å². The zero-order chi connectivity index (χ0) is 16.2. The van der Waals surface area contributed by atoms with Gasteiger partial charge in [-0.15, -0.1) is 10.2 Å². The maximum absolute atomic E-state index is 12.1. The number of nitrogens with zero attached hydrogens (tertiary/aromatic N) is 2. The third kappa shape index (κ3) is 4.26. The van der Waals surface area contributed by atoms with Gasteiger partial charge < -0.3 is 10.6 Å². The van der Waals surface area contributed by atoms with Gasteiger partial charge in [0.05, 0.1) is 0 Å². The smallest absolute Gasteiger partial charge is 0.319 e. The molecule has 1 aromatic heterocycles. The Morgan fingerprint density at radius 2 is 1.91 bits per heavy atom. The molecule has 0 atom stereocenters. The quantitative estimate of drug-likeness (QED) is 0.785. The summed E-state index contributed by atoms with van der Waals surface area (Å²) in [7, 11) is 0. The lowest BCUT2D eigenvalue weighted by atomic mass is 10.2. The molecule has 0 bridgehead atoms. The van der Waals surface area contributed by atoms with E-state index in [1.807, 2.05) is 6.92 Å². The van der Waals surface area contributed by atoms with Crippen molar-refractivity contribution in [3.8, 4) is 0 Å². The van der Waals surface area contributed by atoms with E-state index in [0.717, 1.165) is 24.3 Å². The Morgan fingerprint density at radius 3 is 2.52 bits per heavy atom. The molecule has 0 radical (unpaired) electrons. The summed E-state index contributed by atoms with van der Waals surface area (Å²) in [4.78, 5) is 23.8. The van der Waals surface area contributed by atoms with Crippen LogP contribution in [0.25, 0.3) is 0 Å². The molecule has 120 valence electrons. The van der Waals surface area contributed by atoms with Crippen molar-refractivity contribution in [3.63, 3.8) is 0 Å². The summed E-state index contributed by atoms with van der Waals surface area (Å²) in [5.74, 6) is -0.252. The minimum atomic E-state index is -0.252. The van der Waals surface area contributed by atoms with Crippen LogP contribution in [0, 0.1) is 0 Å². The Morgan fingerprint density at radius 1 is 1.17 bits per heavy atom. The molecule has 1 aliphatic carbocycles. The average molecular weight is 331 g/mol. The lowest BCUT2D eigenvalue weighted by molar-refractivity contribution is 0.102. The number of carbonyl (C=O) groups is 2. The van der Waals surface area contributed by atoms with Gasteiger partial charge in [-0.1, -0.05) is 18.3 Å². The third-order valence-corrected chi connectivity index (χ3v) is 4.29. The Labute approximate surface area is 137 Å². The van der Waals surface area contributed by atoms with Gasteiger partial charge in [0.15, 0.2) is 0 Å². The fourth-order valence-electron chi connectivity index (χ4n) is 1.90. The molecule has 0 aliphatic heterocycles. The van der Waals surface area contributed by atoms with Crippen LogP contribution in [-0.4, -0.2) is 28.2 Å². The van der Waals surface area contributed by atoms with Crippen molar-refractivity contribution < 1.29 is 9.59 Å². The first-order valence-electron chi connectivity index (χ1n) is 7.45. The molecule has 8 heteroatoms. The average Bonchev–Trinajstić information content (AvgIpc) is 3.23. The van der Waals surface area contributed by atoms with Crippen LogP contribution in [0.3, 0.4) is 0 Å². The summed E-state index contributed by atoms with van der Waals surface area (Å²) >= 11 is 1.36. The van der Waals surface area contributed by atoms with Gasteiger partial charge in [0.25, 0.3) is 5.91 Å². The number of hydrogen-bond acceptors (Lipinski definition) is 5. The van der Waals surface area contributed by atoms with Crippen LogP contribution in [0.4, 0.5) is 15.6 Å². The molecular weight excluding hydrogens is 314 g/mol. The predicted octanol–water partition coefficient (Wildman–Crippen LogP) is 2.64. The molecule has 0 unspecified atom stereocenters. The van der Waals surface area contributed by atoms with Crippen LogP contribution in [0.1, 0.15) is 35.1 Å². The number of carbonyl (C=O) groups excluding carboxylic acids is 2. The first-order chi connectivity index (χ1) is 11.1. The maximum atomic E-state index is 12.1. The van der Waals surface area contributed by atoms with E-state index < -0.39 is 0 Å². The maximum Gasteiger partial charge on any atom is 0.319 e. The number of rotatable bonds is 5. The fourth-order valence-corrected chi connectivity index (χ4v) is 2.58. The van der Waals surface area contributed by atoms with E-state index in [1.165, 1.54) is 11.3 Å². The first kappa shape index (κ1) is 15.4. The van der Waals surface area contributed by atoms with Crippen LogP contribution >= 0.6 is 11.3 Å². The molecule has 7 nitrogen and oxygen atoms in total. The van der Waals surface area contributed by atoms with Crippen molar-refractivity contribution in [3.05, 3.63) is 34.8 Å². The molecule has 3 amide bonds. The van der Waals surface area contributed by atoms with E-state index in [2.05, 4.69) is 26.1 Å². The van der Waals surface area contributed by atoms with Gasteiger partial charge in [-0.3, -0.25) is 10.1 Å². The molecule has 1 aliphatic rings. The highest BCUT2D eigenvalue weighted by molar-refractivity contribution is 7.15. The van der Waals surface area contributed by atoms with Gasteiger partial charge in [-0.25, -0.2) is 4.79 Å². The van der Waals surface area contributed by atoms with Gasteiger partial charge >= 0.3 is 6.03 Å². The molecule has 2 aromatic rings. The molecule has 3 N–H and O–H groups in total. The number of aromatic nitrogens is 2. The molecular formula is C15H17N5O2S. The van der Waals surface area contributed by atoms with Crippen LogP contribution in [0.2, 0.25) is 0 Å². The largest absolute Gasteiger partial charge is 0.335 e. The van der Waals surface area contributed by atoms with E-state index in [9.17, 15) is 9.59 Å². The van der Waals surface area contributed by atoms with E-state index in [4.69, 9.17) is 0 Å². The minimum Gasteiger partial charge on any atom is -0.335 e. The van der Waals surface area contributed by atoms with Crippen molar-refractivity contribution in [1.29, 1.82) is 0 Å². The van der Waals surface area contributed by atoms with Gasteiger partial charge in [0.1, 0.15) is 5.01 Å². The monoisotopic (exact) mass is 331 g/mol. The normalized spacial score (nSPS) is 13.4. The first-order valence-corrected chi connectivity index (χ1v) is 8.27. The minimum absolute atomic E-state index is 0.217. The van der Waals surface area contributed by atoms with Crippen LogP contribution in [-0.2, 0) is 6.42 Å². The molecule has 23 heavy (non-hydrogen) atoms. The Balaban J connectivity index is 1.57. The standard InChI is InChI=1S/C15H17N5O2S/c1-2-12-19-20-15(23-12)18-13(21)9-3-5-10(6-4-9)16-14(22)17-11-7-8-11/h3-6,11H,2,7-8H2,1H3,(H2,16,17,22)(H,18,20,21). The lowest BCUT2D eigenvalue weighted by Crippen LogP contribution is -2.30. The number of anilines is 2.